The van der Waals surface area contributed by atoms with Crippen LogP contribution >= 0.6 is 15.9 Å². The molecule has 8 nitrogen and oxygen atoms in total. The summed E-state index contributed by atoms with van der Waals surface area (Å²) in [7, 11) is 1.55. The first-order valence-corrected chi connectivity index (χ1v) is 9.89. The fourth-order valence-corrected chi connectivity index (χ4v) is 3.05. The smallest absolute Gasteiger partial charge is 0.293 e. The predicted molar refractivity (Wildman–Crippen MR) is 113 cm³/mol. The molecule has 1 atom stereocenters. The maximum Gasteiger partial charge on any atom is 0.293 e. The Hall–Kier alpha value is -3.33. The van der Waals surface area contributed by atoms with Crippen molar-refractivity contribution in [1.29, 1.82) is 0 Å². The molecule has 2 aromatic heterocycles. The Morgan fingerprint density at radius 3 is 2.53 bits per heavy atom. The molecule has 3 aromatic rings. The molecule has 1 unspecified atom stereocenters. The van der Waals surface area contributed by atoms with Gasteiger partial charge in [0, 0.05) is 7.05 Å². The van der Waals surface area contributed by atoms with E-state index in [1.165, 1.54) is 17.2 Å². The van der Waals surface area contributed by atoms with Gasteiger partial charge in [-0.1, -0.05) is 12.1 Å². The van der Waals surface area contributed by atoms with E-state index in [1.54, 1.807) is 56.4 Å². The molecule has 2 heterocycles. The van der Waals surface area contributed by atoms with Crippen LogP contribution < -0.4 is 15.5 Å². The highest BCUT2D eigenvalue weighted by Gasteiger charge is 2.23. The number of nitrogens with zero attached hydrogens (tertiary/aromatic N) is 1. The number of benzene rings is 1. The molecule has 1 aromatic carbocycles. The molecule has 3 amide bonds. The molecule has 0 bridgehead atoms. The number of hydrogen-bond acceptors (Lipinski definition) is 5. The van der Waals surface area contributed by atoms with E-state index in [9.17, 15) is 14.4 Å². The minimum Gasteiger partial charge on any atom is -0.467 e. The Kier molecular flexibility index (Phi) is 6.73. The van der Waals surface area contributed by atoms with Gasteiger partial charge in [-0.2, -0.15) is 0 Å². The standard InChI is InChI=1S/C21H20BrN3O5/c1-13(19(26)23-12-14-6-5-11-29-14)24-20(27)15-7-3-4-8-16(15)25(2)21(28)17-9-10-18(22)30-17/h3-11,13H,12H2,1-2H3,(H,23,26)(H,24,27). The van der Waals surface area contributed by atoms with Gasteiger partial charge in [0.1, 0.15) is 11.8 Å². The van der Waals surface area contributed by atoms with Gasteiger partial charge in [-0.25, -0.2) is 0 Å². The van der Waals surface area contributed by atoms with E-state index in [0.29, 0.717) is 16.1 Å². The fourth-order valence-electron chi connectivity index (χ4n) is 2.74. The summed E-state index contributed by atoms with van der Waals surface area (Å²) in [4.78, 5) is 39.1. The molecule has 0 fully saturated rings. The number of carbonyl (C=O) groups is 3. The summed E-state index contributed by atoms with van der Waals surface area (Å²) in [5.74, 6) is -0.513. The Labute approximate surface area is 181 Å². The van der Waals surface area contributed by atoms with Gasteiger partial charge in [0.2, 0.25) is 5.91 Å². The molecule has 2 N–H and O–H groups in total. The van der Waals surface area contributed by atoms with Gasteiger partial charge < -0.3 is 24.4 Å². The monoisotopic (exact) mass is 473 g/mol. The maximum absolute atomic E-state index is 12.8. The number of nitrogens with one attached hydrogen (secondary N) is 2. The minimum absolute atomic E-state index is 0.130. The molecule has 0 spiro atoms. The van der Waals surface area contributed by atoms with Gasteiger partial charge >= 0.3 is 0 Å². The number of carbonyl (C=O) groups excluding carboxylic acids is 3. The van der Waals surface area contributed by atoms with Crippen molar-refractivity contribution in [3.8, 4) is 0 Å². The van der Waals surface area contributed by atoms with Crippen molar-refractivity contribution in [2.75, 3.05) is 11.9 Å². The second-order valence-electron chi connectivity index (χ2n) is 6.48. The van der Waals surface area contributed by atoms with Crippen molar-refractivity contribution in [1.82, 2.24) is 10.6 Å². The summed E-state index contributed by atoms with van der Waals surface area (Å²) in [6.07, 6.45) is 1.52. The van der Waals surface area contributed by atoms with E-state index < -0.39 is 17.9 Å². The second kappa shape index (κ2) is 9.45. The van der Waals surface area contributed by atoms with Crippen LogP contribution in [-0.4, -0.2) is 30.8 Å². The van der Waals surface area contributed by atoms with Gasteiger partial charge in [0.25, 0.3) is 11.8 Å². The molecule has 0 saturated heterocycles. The first-order valence-electron chi connectivity index (χ1n) is 9.10. The second-order valence-corrected chi connectivity index (χ2v) is 7.26. The molecule has 3 rings (SSSR count). The highest BCUT2D eigenvalue weighted by Crippen LogP contribution is 2.23. The van der Waals surface area contributed by atoms with Gasteiger partial charge in [-0.3, -0.25) is 14.4 Å². The van der Waals surface area contributed by atoms with E-state index in [-0.39, 0.29) is 23.8 Å². The molecule has 0 saturated carbocycles. The summed E-state index contributed by atoms with van der Waals surface area (Å²) in [6, 6.07) is 12.5. The SMILES string of the molecule is CC(NC(=O)c1ccccc1N(C)C(=O)c1ccc(Br)o1)C(=O)NCc1ccco1. The summed E-state index contributed by atoms with van der Waals surface area (Å²) >= 11 is 3.16. The van der Waals surface area contributed by atoms with E-state index >= 15 is 0 Å². The van der Waals surface area contributed by atoms with Crippen LogP contribution in [0.25, 0.3) is 0 Å². The molecular formula is C21H20BrN3O5. The molecule has 0 radical (unpaired) electrons. The Balaban J connectivity index is 1.68. The number of halogens is 1. The molecular weight excluding hydrogens is 454 g/mol. The summed E-state index contributed by atoms with van der Waals surface area (Å²) in [5.41, 5.74) is 0.639. The molecule has 0 aliphatic rings. The predicted octanol–water partition coefficient (Wildman–Crippen LogP) is 3.35. The zero-order chi connectivity index (χ0) is 21.7. The van der Waals surface area contributed by atoms with Crippen LogP contribution in [0.3, 0.4) is 0 Å². The van der Waals surface area contributed by atoms with Crippen LogP contribution in [0.15, 0.2) is 68.3 Å². The van der Waals surface area contributed by atoms with E-state index in [2.05, 4.69) is 26.6 Å². The van der Waals surface area contributed by atoms with Gasteiger partial charge in [-0.15, -0.1) is 0 Å². The van der Waals surface area contributed by atoms with Gasteiger partial charge in [-0.05, 0) is 59.3 Å². The largest absolute Gasteiger partial charge is 0.467 e. The number of anilines is 1. The number of amides is 3. The summed E-state index contributed by atoms with van der Waals surface area (Å²) in [5, 5.41) is 5.35. The minimum atomic E-state index is -0.789. The molecule has 9 heteroatoms. The van der Waals surface area contributed by atoms with Crippen molar-refractivity contribution in [3.63, 3.8) is 0 Å². The van der Waals surface area contributed by atoms with Crippen LogP contribution in [0, 0.1) is 0 Å². The number of rotatable bonds is 7. The van der Waals surface area contributed by atoms with Crippen LogP contribution in [0.2, 0.25) is 0 Å². The van der Waals surface area contributed by atoms with Gasteiger partial charge in [0.15, 0.2) is 10.4 Å². The quantitative estimate of drug-likeness (QED) is 0.547. The molecule has 0 aliphatic carbocycles. The zero-order valence-electron chi connectivity index (χ0n) is 16.3. The third-order valence-corrected chi connectivity index (χ3v) is 4.78. The van der Waals surface area contributed by atoms with Crippen LogP contribution in [0.5, 0.6) is 0 Å². The Morgan fingerprint density at radius 1 is 1.10 bits per heavy atom. The third kappa shape index (κ3) is 4.98. The molecule has 0 aliphatic heterocycles. The van der Waals surface area contributed by atoms with Crippen molar-refractivity contribution < 1.29 is 23.2 Å². The fraction of sp³-hybridized carbons (Fsp3) is 0.190. The van der Waals surface area contributed by atoms with E-state index in [1.807, 2.05) is 0 Å². The number of hydrogen-bond donors (Lipinski definition) is 2. The number of furan rings is 2. The van der Waals surface area contributed by atoms with Crippen molar-refractivity contribution in [3.05, 3.63) is 76.5 Å². The average Bonchev–Trinajstić information content (AvgIpc) is 3.42. The highest BCUT2D eigenvalue weighted by molar-refractivity contribution is 9.10. The lowest BCUT2D eigenvalue weighted by molar-refractivity contribution is -0.122. The first kappa shape index (κ1) is 21.4. The maximum atomic E-state index is 12.8. The topological polar surface area (TPSA) is 105 Å². The Bertz CT molecular complexity index is 1040. The lowest BCUT2D eigenvalue weighted by Crippen LogP contribution is -2.45. The van der Waals surface area contributed by atoms with Crippen molar-refractivity contribution in [2.45, 2.75) is 19.5 Å². The zero-order valence-corrected chi connectivity index (χ0v) is 17.9. The number of para-hydroxylation sites is 1. The summed E-state index contributed by atoms with van der Waals surface area (Å²) in [6.45, 7) is 1.80. The first-order chi connectivity index (χ1) is 14.4. The van der Waals surface area contributed by atoms with E-state index in [0.717, 1.165) is 0 Å². The molecule has 156 valence electrons. The van der Waals surface area contributed by atoms with Gasteiger partial charge in [0.05, 0.1) is 24.1 Å². The van der Waals surface area contributed by atoms with Crippen molar-refractivity contribution in [2.24, 2.45) is 0 Å². The van der Waals surface area contributed by atoms with Crippen molar-refractivity contribution >= 4 is 39.3 Å². The lowest BCUT2D eigenvalue weighted by atomic mass is 10.1. The van der Waals surface area contributed by atoms with E-state index in [4.69, 9.17) is 8.83 Å². The lowest BCUT2D eigenvalue weighted by Gasteiger charge is -2.20. The Morgan fingerprint density at radius 2 is 1.87 bits per heavy atom. The average molecular weight is 474 g/mol. The highest BCUT2D eigenvalue weighted by atomic mass is 79.9. The van der Waals surface area contributed by atoms with Crippen LogP contribution in [-0.2, 0) is 11.3 Å². The summed E-state index contributed by atoms with van der Waals surface area (Å²) < 4.78 is 10.9. The molecule has 30 heavy (non-hydrogen) atoms. The normalized spacial score (nSPS) is 11.6. The van der Waals surface area contributed by atoms with Crippen LogP contribution in [0.4, 0.5) is 5.69 Å². The third-order valence-electron chi connectivity index (χ3n) is 4.36. The van der Waals surface area contributed by atoms with Crippen LogP contribution in [0.1, 0.15) is 33.6 Å².